The minimum atomic E-state index is 0.536. The zero-order valence-corrected chi connectivity index (χ0v) is 11.6. The molecule has 1 aliphatic carbocycles. The van der Waals surface area contributed by atoms with Crippen LogP contribution in [0.1, 0.15) is 50.7 Å². The summed E-state index contributed by atoms with van der Waals surface area (Å²) in [6.07, 6.45) is 3.98. The molecule has 1 heteroatoms. The van der Waals surface area contributed by atoms with E-state index >= 15 is 0 Å². The number of nitrogens with one attached hydrogen (secondary N) is 1. The maximum absolute atomic E-state index is 3.42. The van der Waals surface area contributed by atoms with E-state index in [2.05, 4.69) is 57.4 Å². The van der Waals surface area contributed by atoms with Gasteiger partial charge in [0.1, 0.15) is 0 Å². The van der Waals surface area contributed by atoms with Gasteiger partial charge in [-0.15, -0.1) is 0 Å². The topological polar surface area (TPSA) is 12.0 Å². The van der Waals surface area contributed by atoms with Crippen molar-refractivity contribution in [1.82, 2.24) is 5.32 Å². The molecule has 0 heterocycles. The average Bonchev–Trinajstić information content (AvgIpc) is 3.09. The van der Waals surface area contributed by atoms with Crippen LogP contribution in [0.5, 0.6) is 0 Å². The van der Waals surface area contributed by atoms with Crippen LogP contribution in [0.4, 0.5) is 0 Å². The first-order chi connectivity index (χ1) is 8.07. The van der Waals surface area contributed by atoms with Crippen LogP contribution >= 0.6 is 0 Å². The van der Waals surface area contributed by atoms with E-state index in [1.807, 2.05) is 0 Å². The van der Waals surface area contributed by atoms with Crippen LogP contribution in [-0.4, -0.2) is 13.1 Å². The van der Waals surface area contributed by atoms with Crippen molar-refractivity contribution in [2.45, 2.75) is 52.0 Å². The molecule has 0 amide bonds. The van der Waals surface area contributed by atoms with E-state index in [4.69, 9.17) is 0 Å². The summed E-state index contributed by atoms with van der Waals surface area (Å²) >= 11 is 0. The Hall–Kier alpha value is -0.820. The highest BCUT2D eigenvalue weighted by Crippen LogP contribution is 2.51. The van der Waals surface area contributed by atoms with Gasteiger partial charge in [-0.2, -0.15) is 0 Å². The monoisotopic (exact) mass is 231 g/mol. The van der Waals surface area contributed by atoms with Gasteiger partial charge in [-0.1, -0.05) is 38.1 Å². The summed E-state index contributed by atoms with van der Waals surface area (Å²) in [6, 6.07) is 9.85. The smallest absolute Gasteiger partial charge is 0.00953 e. The first kappa shape index (κ1) is 12.6. The van der Waals surface area contributed by atoms with E-state index < -0.39 is 0 Å². The molecular formula is C16H25N. The maximum atomic E-state index is 3.42. The second-order valence-corrected chi connectivity index (χ2v) is 5.95. The Bertz CT molecular complexity index is 360. The molecule has 0 aliphatic heterocycles. The van der Waals surface area contributed by atoms with Crippen molar-refractivity contribution in [1.29, 1.82) is 0 Å². The number of hydrogen-bond acceptors (Lipinski definition) is 1. The molecule has 1 aromatic carbocycles. The lowest BCUT2D eigenvalue weighted by atomic mass is 9.89. The molecule has 1 fully saturated rings. The predicted molar refractivity (Wildman–Crippen MR) is 74.4 cm³/mol. The highest BCUT2D eigenvalue weighted by atomic mass is 14.9. The molecule has 1 aliphatic rings. The van der Waals surface area contributed by atoms with Gasteiger partial charge < -0.3 is 5.32 Å². The van der Waals surface area contributed by atoms with E-state index in [1.54, 1.807) is 0 Å². The van der Waals surface area contributed by atoms with Gasteiger partial charge in [0, 0.05) is 6.04 Å². The third kappa shape index (κ3) is 2.71. The van der Waals surface area contributed by atoms with Gasteiger partial charge in [0.15, 0.2) is 0 Å². The fraction of sp³-hybridized carbons (Fsp3) is 0.625. The van der Waals surface area contributed by atoms with Gasteiger partial charge in [-0.3, -0.25) is 0 Å². The minimum Gasteiger partial charge on any atom is -0.317 e. The molecule has 1 aromatic rings. The third-order valence-electron chi connectivity index (χ3n) is 4.45. The second kappa shape index (κ2) is 4.81. The van der Waals surface area contributed by atoms with E-state index in [9.17, 15) is 0 Å². The molecule has 17 heavy (non-hydrogen) atoms. The van der Waals surface area contributed by atoms with Crippen LogP contribution in [0.15, 0.2) is 24.3 Å². The third-order valence-corrected chi connectivity index (χ3v) is 4.45. The van der Waals surface area contributed by atoms with Crippen LogP contribution in [0.2, 0.25) is 0 Å². The van der Waals surface area contributed by atoms with Crippen molar-refractivity contribution < 1.29 is 0 Å². The zero-order valence-electron chi connectivity index (χ0n) is 11.6. The quantitative estimate of drug-likeness (QED) is 0.814. The summed E-state index contributed by atoms with van der Waals surface area (Å²) in [5.41, 5.74) is 3.47. The number of hydrogen-bond donors (Lipinski definition) is 1. The van der Waals surface area contributed by atoms with E-state index in [0.29, 0.717) is 17.4 Å². The Labute approximate surface area is 106 Å². The van der Waals surface area contributed by atoms with Crippen LogP contribution in [0, 0.1) is 5.41 Å². The number of rotatable bonds is 5. The molecule has 1 atom stereocenters. The largest absolute Gasteiger partial charge is 0.317 e. The SMILES string of the molecule is CNC(C)C1(Cc2ccc(C(C)C)cc2)CC1. The van der Waals surface area contributed by atoms with Crippen LogP contribution < -0.4 is 5.32 Å². The standard InChI is InChI=1S/C16H25N/c1-12(2)15-7-5-14(6-8-15)11-16(9-10-16)13(3)17-4/h5-8,12-13,17H,9-11H2,1-4H3. The van der Waals surface area contributed by atoms with E-state index in [-0.39, 0.29) is 0 Å². The number of benzene rings is 1. The summed E-state index contributed by atoms with van der Waals surface area (Å²) in [4.78, 5) is 0. The van der Waals surface area contributed by atoms with Gasteiger partial charge in [-0.05, 0) is 55.7 Å². The fourth-order valence-corrected chi connectivity index (χ4v) is 2.66. The lowest BCUT2D eigenvalue weighted by Gasteiger charge is -2.23. The summed E-state index contributed by atoms with van der Waals surface area (Å²) in [5, 5.41) is 3.42. The van der Waals surface area contributed by atoms with Crippen molar-refractivity contribution in [2.75, 3.05) is 7.05 Å². The second-order valence-electron chi connectivity index (χ2n) is 5.95. The molecule has 2 rings (SSSR count). The Morgan fingerprint density at radius 1 is 1.12 bits per heavy atom. The maximum Gasteiger partial charge on any atom is 0.00953 e. The first-order valence-corrected chi connectivity index (χ1v) is 6.83. The Morgan fingerprint density at radius 2 is 1.71 bits per heavy atom. The predicted octanol–water partition coefficient (Wildman–Crippen LogP) is 3.74. The van der Waals surface area contributed by atoms with Crippen molar-refractivity contribution in [3.63, 3.8) is 0 Å². The lowest BCUT2D eigenvalue weighted by Crippen LogP contribution is -2.33. The molecule has 0 spiro atoms. The van der Waals surface area contributed by atoms with E-state index in [1.165, 1.54) is 30.4 Å². The van der Waals surface area contributed by atoms with Gasteiger partial charge in [0.2, 0.25) is 0 Å². The van der Waals surface area contributed by atoms with Gasteiger partial charge >= 0.3 is 0 Å². The average molecular weight is 231 g/mol. The molecule has 1 N–H and O–H groups in total. The van der Waals surface area contributed by atoms with Crippen molar-refractivity contribution >= 4 is 0 Å². The lowest BCUT2D eigenvalue weighted by molar-refractivity contribution is 0.369. The summed E-state index contributed by atoms with van der Waals surface area (Å²) in [5.74, 6) is 0.634. The van der Waals surface area contributed by atoms with Crippen molar-refractivity contribution in [2.24, 2.45) is 5.41 Å². The molecule has 0 saturated heterocycles. The molecule has 94 valence electrons. The first-order valence-electron chi connectivity index (χ1n) is 6.83. The summed E-state index contributed by atoms with van der Waals surface area (Å²) < 4.78 is 0. The minimum absolute atomic E-state index is 0.536. The fourth-order valence-electron chi connectivity index (χ4n) is 2.66. The summed E-state index contributed by atoms with van der Waals surface area (Å²) in [6.45, 7) is 6.82. The molecule has 1 unspecified atom stereocenters. The van der Waals surface area contributed by atoms with Crippen LogP contribution in [0.3, 0.4) is 0 Å². The van der Waals surface area contributed by atoms with Gasteiger partial charge in [-0.25, -0.2) is 0 Å². The van der Waals surface area contributed by atoms with E-state index in [0.717, 1.165) is 0 Å². The highest BCUT2D eigenvalue weighted by molar-refractivity contribution is 5.26. The van der Waals surface area contributed by atoms with Crippen LogP contribution in [-0.2, 0) is 6.42 Å². The molecular weight excluding hydrogens is 206 g/mol. The molecule has 0 radical (unpaired) electrons. The Morgan fingerprint density at radius 3 is 2.12 bits per heavy atom. The van der Waals surface area contributed by atoms with Gasteiger partial charge in [0.25, 0.3) is 0 Å². The van der Waals surface area contributed by atoms with Crippen molar-refractivity contribution in [3.8, 4) is 0 Å². The van der Waals surface area contributed by atoms with Gasteiger partial charge in [0.05, 0.1) is 0 Å². The molecule has 1 nitrogen and oxygen atoms in total. The molecule has 0 bridgehead atoms. The highest BCUT2D eigenvalue weighted by Gasteiger charge is 2.46. The van der Waals surface area contributed by atoms with Crippen molar-refractivity contribution in [3.05, 3.63) is 35.4 Å². The molecule has 1 saturated carbocycles. The Balaban J connectivity index is 2.04. The normalized spacial score (nSPS) is 19.4. The summed E-state index contributed by atoms with van der Waals surface area (Å²) in [7, 11) is 2.08. The molecule has 0 aromatic heterocycles. The Kier molecular flexibility index (Phi) is 3.58. The van der Waals surface area contributed by atoms with Crippen LogP contribution in [0.25, 0.3) is 0 Å². The zero-order chi connectivity index (χ0) is 12.5.